The Kier molecular flexibility index (Phi) is 4.57. The van der Waals surface area contributed by atoms with E-state index in [-0.39, 0.29) is 23.3 Å². The van der Waals surface area contributed by atoms with Crippen LogP contribution >= 0.6 is 0 Å². The molecular weight excluding hydrogens is 314 g/mol. The van der Waals surface area contributed by atoms with Gasteiger partial charge in [-0.15, -0.1) is 0 Å². The van der Waals surface area contributed by atoms with Crippen molar-refractivity contribution in [1.29, 1.82) is 0 Å². The summed E-state index contributed by atoms with van der Waals surface area (Å²) in [5.41, 5.74) is 2.52. The Labute approximate surface area is 147 Å². The summed E-state index contributed by atoms with van der Waals surface area (Å²) in [6.45, 7) is 0.735. The average Bonchev–Trinajstić information content (AvgIpc) is 3.05. The van der Waals surface area contributed by atoms with E-state index in [0.717, 1.165) is 56.3 Å². The highest BCUT2D eigenvalue weighted by Crippen LogP contribution is 2.29. The smallest absolute Gasteiger partial charge is 0.309 e. The molecule has 1 aromatic heterocycles. The van der Waals surface area contributed by atoms with Gasteiger partial charge in [0.2, 0.25) is 0 Å². The molecule has 1 aromatic carbocycles. The lowest BCUT2D eigenvalue weighted by Gasteiger charge is -2.23. The summed E-state index contributed by atoms with van der Waals surface area (Å²) in [5, 5.41) is 3.49. The summed E-state index contributed by atoms with van der Waals surface area (Å²) in [6, 6.07) is 10.3. The first-order chi connectivity index (χ1) is 12.2. The number of H-pyrrole nitrogens is 1. The molecule has 1 heterocycles. The molecule has 5 nitrogen and oxygen atoms in total. The van der Waals surface area contributed by atoms with E-state index in [1.165, 1.54) is 16.6 Å². The van der Waals surface area contributed by atoms with Gasteiger partial charge in [0.15, 0.2) is 0 Å². The molecule has 0 saturated heterocycles. The summed E-state index contributed by atoms with van der Waals surface area (Å²) >= 11 is 0. The van der Waals surface area contributed by atoms with Crippen LogP contribution in [0.2, 0.25) is 0 Å². The first kappa shape index (κ1) is 16.3. The molecule has 5 heteroatoms. The molecule has 2 aliphatic rings. The molecule has 132 valence electrons. The van der Waals surface area contributed by atoms with E-state index < -0.39 is 0 Å². The highest BCUT2D eigenvalue weighted by Gasteiger charge is 2.29. The Morgan fingerprint density at radius 2 is 1.80 bits per heavy atom. The number of aromatic nitrogens is 2. The van der Waals surface area contributed by atoms with E-state index in [1.807, 2.05) is 18.2 Å². The predicted octanol–water partition coefficient (Wildman–Crippen LogP) is 2.82. The Bertz CT molecular complexity index is 847. The minimum atomic E-state index is -0.232. The molecule has 0 spiro atoms. The Morgan fingerprint density at radius 1 is 1.04 bits per heavy atom. The largest absolute Gasteiger partial charge is 0.328 e. The quantitative estimate of drug-likeness (QED) is 0.900. The SMILES string of the molecule is O=c1[nH]c2c(c(=O)n1C1CCCCC1)CC[C@H]2NCc1ccccc1. The second-order valence-corrected chi connectivity index (χ2v) is 7.25. The third-order valence-corrected chi connectivity index (χ3v) is 5.63. The molecular formula is C20H25N3O2. The van der Waals surface area contributed by atoms with Crippen molar-refractivity contribution in [3.63, 3.8) is 0 Å². The molecule has 0 bridgehead atoms. The molecule has 0 amide bonds. The molecule has 25 heavy (non-hydrogen) atoms. The van der Waals surface area contributed by atoms with E-state index in [2.05, 4.69) is 22.4 Å². The fourth-order valence-electron chi connectivity index (χ4n) is 4.29. The van der Waals surface area contributed by atoms with Gasteiger partial charge in [-0.1, -0.05) is 49.6 Å². The first-order valence-electron chi connectivity index (χ1n) is 9.39. The number of hydrogen-bond acceptors (Lipinski definition) is 3. The maximum Gasteiger partial charge on any atom is 0.328 e. The van der Waals surface area contributed by atoms with Crippen molar-refractivity contribution in [2.75, 3.05) is 0 Å². The van der Waals surface area contributed by atoms with Crippen molar-refractivity contribution < 1.29 is 0 Å². The number of fused-ring (bicyclic) bond motifs is 1. The molecule has 2 aliphatic carbocycles. The van der Waals surface area contributed by atoms with Gasteiger partial charge in [-0.05, 0) is 31.2 Å². The van der Waals surface area contributed by atoms with Crippen LogP contribution in [0, 0.1) is 0 Å². The van der Waals surface area contributed by atoms with Gasteiger partial charge in [-0.25, -0.2) is 4.79 Å². The molecule has 0 unspecified atom stereocenters. The standard InChI is InChI=1S/C20H25N3O2/c24-19-16-11-12-17(21-13-14-7-3-1-4-8-14)18(16)22-20(25)23(19)15-9-5-2-6-10-15/h1,3-4,7-8,15,17,21H,2,5-6,9-13H2,(H,22,25)/t17-/m1/s1. The van der Waals surface area contributed by atoms with Crippen LogP contribution in [0.4, 0.5) is 0 Å². The lowest BCUT2D eigenvalue weighted by molar-refractivity contribution is 0.334. The second-order valence-electron chi connectivity index (χ2n) is 7.25. The zero-order chi connectivity index (χ0) is 17.2. The molecule has 0 radical (unpaired) electrons. The van der Waals surface area contributed by atoms with Gasteiger partial charge >= 0.3 is 5.69 Å². The van der Waals surface area contributed by atoms with E-state index in [0.29, 0.717) is 0 Å². The highest BCUT2D eigenvalue weighted by molar-refractivity contribution is 5.27. The summed E-state index contributed by atoms with van der Waals surface area (Å²) < 4.78 is 1.50. The number of rotatable bonds is 4. The average molecular weight is 339 g/mol. The number of nitrogens with zero attached hydrogens (tertiary/aromatic N) is 1. The summed E-state index contributed by atoms with van der Waals surface area (Å²) in [5.74, 6) is 0. The van der Waals surface area contributed by atoms with Crippen molar-refractivity contribution in [2.45, 2.75) is 63.6 Å². The van der Waals surface area contributed by atoms with Crippen LogP contribution < -0.4 is 16.6 Å². The monoisotopic (exact) mass is 339 g/mol. The van der Waals surface area contributed by atoms with Crippen molar-refractivity contribution in [1.82, 2.24) is 14.9 Å². The van der Waals surface area contributed by atoms with Crippen LogP contribution in [-0.4, -0.2) is 9.55 Å². The van der Waals surface area contributed by atoms with Crippen molar-refractivity contribution in [2.24, 2.45) is 0 Å². The molecule has 1 fully saturated rings. The van der Waals surface area contributed by atoms with Crippen LogP contribution in [-0.2, 0) is 13.0 Å². The molecule has 0 aliphatic heterocycles. The summed E-state index contributed by atoms with van der Waals surface area (Å²) in [4.78, 5) is 28.5. The van der Waals surface area contributed by atoms with Crippen molar-refractivity contribution >= 4 is 0 Å². The Morgan fingerprint density at radius 3 is 2.56 bits per heavy atom. The maximum atomic E-state index is 12.9. The zero-order valence-electron chi connectivity index (χ0n) is 14.5. The van der Waals surface area contributed by atoms with Gasteiger partial charge in [0.1, 0.15) is 0 Å². The van der Waals surface area contributed by atoms with Gasteiger partial charge in [-0.2, -0.15) is 0 Å². The van der Waals surface area contributed by atoms with Gasteiger partial charge in [0.05, 0.1) is 0 Å². The van der Waals surface area contributed by atoms with Crippen molar-refractivity contribution in [3.8, 4) is 0 Å². The van der Waals surface area contributed by atoms with Crippen LogP contribution in [0.1, 0.15) is 67.4 Å². The zero-order valence-corrected chi connectivity index (χ0v) is 14.5. The normalized spacial score (nSPS) is 20.6. The Balaban J connectivity index is 1.58. The number of benzene rings is 1. The van der Waals surface area contributed by atoms with Gasteiger partial charge in [-0.3, -0.25) is 9.36 Å². The molecule has 2 aromatic rings. The summed E-state index contributed by atoms with van der Waals surface area (Å²) in [6.07, 6.45) is 6.91. The fraction of sp³-hybridized carbons (Fsp3) is 0.500. The fourth-order valence-corrected chi connectivity index (χ4v) is 4.29. The third kappa shape index (κ3) is 3.21. The van der Waals surface area contributed by atoms with Crippen LogP contribution in [0.25, 0.3) is 0 Å². The third-order valence-electron chi connectivity index (χ3n) is 5.63. The topological polar surface area (TPSA) is 66.9 Å². The maximum absolute atomic E-state index is 12.9. The Hall–Kier alpha value is -2.14. The molecule has 4 rings (SSSR count). The second kappa shape index (κ2) is 7.00. The molecule has 1 atom stereocenters. The molecule has 2 N–H and O–H groups in total. The lowest BCUT2D eigenvalue weighted by atomic mass is 9.95. The minimum absolute atomic E-state index is 0.0524. The van der Waals surface area contributed by atoms with Crippen molar-refractivity contribution in [3.05, 3.63) is 68.0 Å². The van der Waals surface area contributed by atoms with Crippen LogP contribution in [0.15, 0.2) is 39.9 Å². The highest BCUT2D eigenvalue weighted by atomic mass is 16.2. The predicted molar refractivity (Wildman–Crippen MR) is 97.8 cm³/mol. The van der Waals surface area contributed by atoms with Crippen LogP contribution in [0.3, 0.4) is 0 Å². The van der Waals surface area contributed by atoms with E-state index in [4.69, 9.17) is 0 Å². The summed E-state index contributed by atoms with van der Waals surface area (Å²) in [7, 11) is 0. The van der Waals surface area contributed by atoms with E-state index >= 15 is 0 Å². The minimum Gasteiger partial charge on any atom is -0.309 e. The van der Waals surface area contributed by atoms with Gasteiger partial charge in [0.25, 0.3) is 5.56 Å². The lowest BCUT2D eigenvalue weighted by Crippen LogP contribution is -2.41. The van der Waals surface area contributed by atoms with Gasteiger partial charge < -0.3 is 10.3 Å². The number of nitrogens with one attached hydrogen (secondary N) is 2. The number of aromatic amines is 1. The van der Waals surface area contributed by atoms with Gasteiger partial charge in [0, 0.05) is 29.9 Å². The van der Waals surface area contributed by atoms with E-state index in [9.17, 15) is 9.59 Å². The first-order valence-corrected chi connectivity index (χ1v) is 9.39. The number of hydrogen-bond donors (Lipinski definition) is 2. The molecule has 1 saturated carbocycles. The van der Waals surface area contributed by atoms with Crippen LogP contribution in [0.5, 0.6) is 0 Å². The van der Waals surface area contributed by atoms with E-state index in [1.54, 1.807) is 0 Å².